The molecular weight excluding hydrogens is 244 g/mol. The molecule has 96 valence electrons. The first-order valence-corrected chi connectivity index (χ1v) is 6.84. The SMILES string of the molecule is CC(C)N(C)c1nc(-c2ccccc2)c(CO)s1. The van der Waals surface area contributed by atoms with Crippen LogP contribution in [0.2, 0.25) is 0 Å². The van der Waals surface area contributed by atoms with Crippen molar-refractivity contribution < 1.29 is 5.11 Å². The van der Waals surface area contributed by atoms with Gasteiger partial charge in [-0.1, -0.05) is 41.7 Å². The number of hydrogen-bond acceptors (Lipinski definition) is 4. The molecule has 1 heterocycles. The molecule has 0 aliphatic rings. The summed E-state index contributed by atoms with van der Waals surface area (Å²) in [7, 11) is 2.03. The smallest absolute Gasteiger partial charge is 0.186 e. The minimum Gasteiger partial charge on any atom is -0.391 e. The van der Waals surface area contributed by atoms with Crippen molar-refractivity contribution in [2.24, 2.45) is 0 Å². The minimum absolute atomic E-state index is 0.0355. The number of benzene rings is 1. The maximum absolute atomic E-state index is 9.47. The molecule has 0 aliphatic carbocycles. The minimum atomic E-state index is 0.0355. The van der Waals surface area contributed by atoms with E-state index in [0.29, 0.717) is 6.04 Å². The lowest BCUT2D eigenvalue weighted by molar-refractivity contribution is 0.286. The summed E-state index contributed by atoms with van der Waals surface area (Å²) in [6.45, 7) is 4.29. The summed E-state index contributed by atoms with van der Waals surface area (Å²) in [5.74, 6) is 0. The predicted molar refractivity (Wildman–Crippen MR) is 77.0 cm³/mol. The van der Waals surface area contributed by atoms with E-state index >= 15 is 0 Å². The standard InChI is InChI=1S/C14H18N2OS/c1-10(2)16(3)14-15-13(12(9-17)18-14)11-7-5-4-6-8-11/h4-8,10,17H,9H2,1-3H3. The third kappa shape index (κ3) is 2.54. The highest BCUT2D eigenvalue weighted by Gasteiger charge is 2.16. The van der Waals surface area contributed by atoms with Crippen LogP contribution in [0.25, 0.3) is 11.3 Å². The van der Waals surface area contributed by atoms with Crippen molar-refractivity contribution in [2.75, 3.05) is 11.9 Å². The van der Waals surface area contributed by atoms with Gasteiger partial charge in [-0.25, -0.2) is 4.98 Å². The summed E-state index contributed by atoms with van der Waals surface area (Å²) in [6.07, 6.45) is 0. The fourth-order valence-electron chi connectivity index (χ4n) is 1.64. The molecule has 0 saturated heterocycles. The fraction of sp³-hybridized carbons (Fsp3) is 0.357. The molecule has 0 amide bonds. The van der Waals surface area contributed by atoms with E-state index in [9.17, 15) is 5.11 Å². The van der Waals surface area contributed by atoms with Gasteiger partial charge in [0.05, 0.1) is 17.2 Å². The van der Waals surface area contributed by atoms with Crippen LogP contribution in [0.4, 0.5) is 5.13 Å². The van der Waals surface area contributed by atoms with Gasteiger partial charge in [0.25, 0.3) is 0 Å². The summed E-state index contributed by atoms with van der Waals surface area (Å²) in [4.78, 5) is 7.70. The topological polar surface area (TPSA) is 36.4 Å². The van der Waals surface area contributed by atoms with E-state index in [1.54, 1.807) is 11.3 Å². The summed E-state index contributed by atoms with van der Waals surface area (Å²) in [6, 6.07) is 10.4. The van der Waals surface area contributed by atoms with Crippen molar-refractivity contribution in [3.8, 4) is 11.3 Å². The predicted octanol–water partition coefficient (Wildman–Crippen LogP) is 3.15. The molecule has 2 aromatic rings. The van der Waals surface area contributed by atoms with Crippen LogP contribution in [0.3, 0.4) is 0 Å². The van der Waals surface area contributed by atoms with Crippen molar-refractivity contribution in [1.29, 1.82) is 0 Å². The summed E-state index contributed by atoms with van der Waals surface area (Å²) < 4.78 is 0. The summed E-state index contributed by atoms with van der Waals surface area (Å²) >= 11 is 1.56. The normalized spacial score (nSPS) is 10.9. The van der Waals surface area contributed by atoms with Crippen LogP contribution in [0.1, 0.15) is 18.7 Å². The number of aromatic nitrogens is 1. The van der Waals surface area contributed by atoms with E-state index in [-0.39, 0.29) is 6.61 Å². The highest BCUT2D eigenvalue weighted by atomic mass is 32.1. The van der Waals surface area contributed by atoms with Crippen molar-refractivity contribution in [2.45, 2.75) is 26.5 Å². The lowest BCUT2D eigenvalue weighted by Gasteiger charge is -2.19. The van der Waals surface area contributed by atoms with Gasteiger partial charge in [0.15, 0.2) is 5.13 Å². The molecule has 0 saturated carbocycles. The first-order chi connectivity index (χ1) is 8.63. The van der Waals surface area contributed by atoms with Crippen LogP contribution in [-0.2, 0) is 6.61 Å². The molecule has 0 aliphatic heterocycles. The van der Waals surface area contributed by atoms with Crippen LogP contribution >= 0.6 is 11.3 Å². The van der Waals surface area contributed by atoms with Gasteiger partial charge < -0.3 is 10.0 Å². The van der Waals surface area contributed by atoms with Gasteiger partial charge in [-0.2, -0.15) is 0 Å². The molecule has 0 spiro atoms. The molecular formula is C14H18N2OS. The Morgan fingerprint density at radius 3 is 2.50 bits per heavy atom. The van der Waals surface area contributed by atoms with Crippen LogP contribution in [0.5, 0.6) is 0 Å². The number of hydrogen-bond donors (Lipinski definition) is 1. The first-order valence-electron chi connectivity index (χ1n) is 6.02. The average molecular weight is 262 g/mol. The lowest BCUT2D eigenvalue weighted by Crippen LogP contribution is -2.25. The Hall–Kier alpha value is -1.39. The van der Waals surface area contributed by atoms with Gasteiger partial charge in [-0.15, -0.1) is 0 Å². The third-order valence-electron chi connectivity index (χ3n) is 2.95. The molecule has 2 rings (SSSR count). The second-order valence-electron chi connectivity index (χ2n) is 4.50. The number of aliphatic hydroxyl groups excluding tert-OH is 1. The number of aliphatic hydroxyl groups is 1. The first kappa shape index (κ1) is 13.1. The van der Waals surface area contributed by atoms with Crippen molar-refractivity contribution in [3.05, 3.63) is 35.2 Å². The molecule has 1 aromatic heterocycles. The van der Waals surface area contributed by atoms with E-state index in [0.717, 1.165) is 21.3 Å². The highest BCUT2D eigenvalue weighted by molar-refractivity contribution is 7.16. The van der Waals surface area contributed by atoms with Crippen LogP contribution in [-0.4, -0.2) is 23.2 Å². The zero-order chi connectivity index (χ0) is 13.1. The lowest BCUT2D eigenvalue weighted by atomic mass is 10.1. The number of rotatable bonds is 4. The van der Waals surface area contributed by atoms with E-state index in [2.05, 4.69) is 23.7 Å². The monoisotopic (exact) mass is 262 g/mol. The van der Waals surface area contributed by atoms with Crippen molar-refractivity contribution in [3.63, 3.8) is 0 Å². The Bertz CT molecular complexity index is 508. The molecule has 1 N–H and O–H groups in total. The number of anilines is 1. The molecule has 0 radical (unpaired) electrons. The second-order valence-corrected chi connectivity index (χ2v) is 5.56. The molecule has 1 aromatic carbocycles. The molecule has 4 heteroatoms. The maximum atomic E-state index is 9.47. The zero-order valence-corrected chi connectivity index (χ0v) is 11.7. The van der Waals surface area contributed by atoms with Crippen molar-refractivity contribution in [1.82, 2.24) is 4.98 Å². The quantitative estimate of drug-likeness (QED) is 0.919. The van der Waals surface area contributed by atoms with Crippen molar-refractivity contribution >= 4 is 16.5 Å². The highest BCUT2D eigenvalue weighted by Crippen LogP contribution is 2.33. The summed E-state index contributed by atoms with van der Waals surface area (Å²) in [5.41, 5.74) is 1.95. The van der Waals surface area contributed by atoms with Gasteiger partial charge in [0, 0.05) is 18.7 Å². The Labute approximate surface area is 112 Å². The number of nitrogens with zero attached hydrogens (tertiary/aromatic N) is 2. The van der Waals surface area contributed by atoms with E-state index < -0.39 is 0 Å². The molecule has 18 heavy (non-hydrogen) atoms. The zero-order valence-electron chi connectivity index (χ0n) is 10.9. The van der Waals surface area contributed by atoms with Gasteiger partial charge in [0.2, 0.25) is 0 Å². The largest absolute Gasteiger partial charge is 0.391 e. The Morgan fingerprint density at radius 2 is 1.94 bits per heavy atom. The Morgan fingerprint density at radius 1 is 1.28 bits per heavy atom. The van der Waals surface area contributed by atoms with Crippen LogP contribution < -0.4 is 4.90 Å². The third-order valence-corrected chi connectivity index (χ3v) is 4.08. The molecule has 0 bridgehead atoms. The van der Waals surface area contributed by atoms with E-state index in [1.807, 2.05) is 37.4 Å². The van der Waals surface area contributed by atoms with Gasteiger partial charge in [0.1, 0.15) is 0 Å². The second kappa shape index (κ2) is 5.50. The molecule has 3 nitrogen and oxygen atoms in total. The Balaban J connectivity index is 2.42. The van der Waals surface area contributed by atoms with E-state index in [4.69, 9.17) is 0 Å². The molecule has 0 unspecified atom stereocenters. The Kier molecular flexibility index (Phi) is 3.99. The van der Waals surface area contributed by atoms with E-state index in [1.165, 1.54) is 0 Å². The summed E-state index contributed by atoms with van der Waals surface area (Å²) in [5, 5.41) is 10.4. The average Bonchev–Trinajstić information content (AvgIpc) is 2.82. The van der Waals surface area contributed by atoms with Gasteiger partial charge in [-0.3, -0.25) is 0 Å². The fourth-order valence-corrected chi connectivity index (χ4v) is 2.68. The maximum Gasteiger partial charge on any atom is 0.186 e. The van der Waals surface area contributed by atoms with Crippen LogP contribution in [0, 0.1) is 0 Å². The molecule has 0 atom stereocenters. The number of thiazole rings is 1. The van der Waals surface area contributed by atoms with Gasteiger partial charge >= 0.3 is 0 Å². The van der Waals surface area contributed by atoms with Crippen LogP contribution in [0.15, 0.2) is 30.3 Å². The molecule has 0 fully saturated rings. The van der Waals surface area contributed by atoms with Gasteiger partial charge in [-0.05, 0) is 13.8 Å².